The predicted octanol–water partition coefficient (Wildman–Crippen LogP) is 4.91. The Balaban J connectivity index is 2.07. The Kier molecular flexibility index (Phi) is 13.2. The second kappa shape index (κ2) is 14.9. The van der Waals surface area contributed by atoms with Gasteiger partial charge in [-0.05, 0) is 6.42 Å². The van der Waals surface area contributed by atoms with Crippen molar-refractivity contribution in [3.63, 3.8) is 0 Å². The largest absolute Gasteiger partial charge is 0.457 e. The average Bonchev–Trinajstić information content (AvgIpc) is 2.96. The molecule has 5 nitrogen and oxygen atoms in total. The Morgan fingerprint density at radius 2 is 1.41 bits per heavy atom. The average molecular weight is 384 g/mol. The minimum atomic E-state index is -0.362. The molecule has 0 aromatic carbocycles. The van der Waals surface area contributed by atoms with Crippen LogP contribution in [0, 0.1) is 0 Å². The van der Waals surface area contributed by atoms with Gasteiger partial charge in [0, 0.05) is 13.8 Å². The summed E-state index contributed by atoms with van der Waals surface area (Å²) in [6.07, 6.45) is 16.2. The summed E-state index contributed by atoms with van der Waals surface area (Å²) in [5.41, 5.74) is 0. The van der Waals surface area contributed by atoms with Crippen LogP contribution in [0.15, 0.2) is 0 Å². The van der Waals surface area contributed by atoms with Crippen molar-refractivity contribution in [2.24, 2.45) is 0 Å². The van der Waals surface area contributed by atoms with E-state index in [0.29, 0.717) is 6.61 Å². The number of nitrogens with one attached hydrogen (secondary N) is 1. The number of hydrogen-bond donors (Lipinski definition) is 1. The van der Waals surface area contributed by atoms with E-state index in [1.807, 2.05) is 0 Å². The fourth-order valence-corrected chi connectivity index (χ4v) is 3.84. The van der Waals surface area contributed by atoms with E-state index in [2.05, 4.69) is 12.2 Å². The lowest BCUT2D eigenvalue weighted by molar-refractivity contribution is -0.150. The molecule has 0 radical (unpaired) electrons. The fourth-order valence-electron chi connectivity index (χ4n) is 3.84. The van der Waals surface area contributed by atoms with Gasteiger partial charge in [0.2, 0.25) is 5.91 Å². The third-order valence-electron chi connectivity index (χ3n) is 5.29. The number of esters is 1. The van der Waals surface area contributed by atoms with Crippen LogP contribution in [-0.2, 0) is 19.1 Å². The molecule has 27 heavy (non-hydrogen) atoms. The molecule has 0 bridgehead atoms. The zero-order chi connectivity index (χ0) is 19.9. The minimum Gasteiger partial charge on any atom is -0.457 e. The van der Waals surface area contributed by atoms with Crippen LogP contribution in [0.2, 0.25) is 0 Å². The number of unbranched alkanes of at least 4 members (excludes halogenated alkanes) is 11. The van der Waals surface area contributed by atoms with E-state index in [0.717, 1.165) is 12.8 Å². The Morgan fingerprint density at radius 1 is 0.889 bits per heavy atom. The zero-order valence-electron chi connectivity index (χ0n) is 17.8. The van der Waals surface area contributed by atoms with E-state index in [4.69, 9.17) is 9.47 Å². The maximum absolute atomic E-state index is 11.4. The highest BCUT2D eigenvalue weighted by atomic mass is 16.6. The third-order valence-corrected chi connectivity index (χ3v) is 5.29. The summed E-state index contributed by atoms with van der Waals surface area (Å²) < 4.78 is 11.2. The number of rotatable bonds is 15. The van der Waals surface area contributed by atoms with E-state index < -0.39 is 0 Å². The molecule has 3 atom stereocenters. The molecule has 1 saturated heterocycles. The molecule has 0 aromatic heterocycles. The molecule has 1 aliphatic rings. The molecule has 158 valence electrons. The number of ether oxygens (including phenoxy) is 2. The normalized spacial score (nSPS) is 22.0. The Hall–Kier alpha value is -1.10. The molecule has 1 N–H and O–H groups in total. The summed E-state index contributed by atoms with van der Waals surface area (Å²) in [4.78, 5) is 22.7. The molecule has 5 heteroatoms. The standard InChI is InChI=1S/C22H41NO4/c1-4-5-6-7-8-9-10-11-12-13-14-15-16-21-22(27-19(3)25)20(17-26-21)23-18(2)24/h20-22H,4-17H2,1-3H3,(H,23,24)/t20-,21+,22+/m0/s1. The highest BCUT2D eigenvalue weighted by molar-refractivity contribution is 5.73. The number of carbonyl (C=O) groups excluding carboxylic acids is 2. The van der Waals surface area contributed by atoms with E-state index in [9.17, 15) is 9.59 Å². The summed E-state index contributed by atoms with van der Waals surface area (Å²) in [6.45, 7) is 5.56. The van der Waals surface area contributed by atoms with E-state index >= 15 is 0 Å². The lowest BCUT2D eigenvalue weighted by Gasteiger charge is -2.23. The van der Waals surface area contributed by atoms with Gasteiger partial charge in [0.25, 0.3) is 0 Å². The quantitative estimate of drug-likeness (QED) is 0.322. The Bertz CT molecular complexity index is 413. The van der Waals surface area contributed by atoms with Crippen molar-refractivity contribution in [3.8, 4) is 0 Å². The van der Waals surface area contributed by atoms with Crippen molar-refractivity contribution >= 4 is 11.9 Å². The van der Waals surface area contributed by atoms with E-state index in [1.165, 1.54) is 84.5 Å². The summed E-state index contributed by atoms with van der Waals surface area (Å²) in [7, 11) is 0. The molecule has 1 amide bonds. The molecular weight excluding hydrogens is 342 g/mol. The highest BCUT2D eigenvalue weighted by Crippen LogP contribution is 2.23. The second-order valence-electron chi connectivity index (χ2n) is 7.93. The lowest BCUT2D eigenvalue weighted by atomic mass is 10.0. The molecule has 1 heterocycles. The Labute approximate surface area is 165 Å². The lowest BCUT2D eigenvalue weighted by Crippen LogP contribution is -2.45. The molecule has 0 spiro atoms. The highest BCUT2D eigenvalue weighted by Gasteiger charge is 2.39. The van der Waals surface area contributed by atoms with Crippen LogP contribution in [-0.4, -0.2) is 36.7 Å². The molecule has 1 fully saturated rings. The fraction of sp³-hybridized carbons (Fsp3) is 0.909. The van der Waals surface area contributed by atoms with Gasteiger partial charge in [-0.3, -0.25) is 9.59 Å². The van der Waals surface area contributed by atoms with Crippen molar-refractivity contribution in [1.29, 1.82) is 0 Å². The molecule has 0 saturated carbocycles. The molecule has 1 rings (SSSR count). The minimum absolute atomic E-state index is 0.103. The Morgan fingerprint density at radius 3 is 1.89 bits per heavy atom. The van der Waals surface area contributed by atoms with Crippen LogP contribution in [0.1, 0.15) is 104 Å². The maximum Gasteiger partial charge on any atom is 0.303 e. The van der Waals surface area contributed by atoms with Gasteiger partial charge in [-0.1, -0.05) is 84.0 Å². The number of hydrogen-bond acceptors (Lipinski definition) is 4. The summed E-state index contributed by atoms with van der Waals surface area (Å²) in [5.74, 6) is -0.438. The monoisotopic (exact) mass is 383 g/mol. The summed E-state index contributed by atoms with van der Waals surface area (Å²) in [5, 5.41) is 2.83. The summed E-state index contributed by atoms with van der Waals surface area (Å²) >= 11 is 0. The van der Waals surface area contributed by atoms with E-state index in [1.54, 1.807) is 0 Å². The first-order valence-corrected chi connectivity index (χ1v) is 11.1. The van der Waals surface area contributed by atoms with Gasteiger partial charge in [-0.25, -0.2) is 0 Å². The molecule has 0 aliphatic carbocycles. The van der Waals surface area contributed by atoms with Crippen molar-refractivity contribution < 1.29 is 19.1 Å². The van der Waals surface area contributed by atoms with Gasteiger partial charge in [-0.15, -0.1) is 0 Å². The molecule has 0 unspecified atom stereocenters. The smallest absolute Gasteiger partial charge is 0.303 e. The first kappa shape index (κ1) is 23.9. The molecule has 0 aromatic rings. The van der Waals surface area contributed by atoms with Crippen LogP contribution in [0.5, 0.6) is 0 Å². The van der Waals surface area contributed by atoms with Crippen LogP contribution >= 0.6 is 0 Å². The van der Waals surface area contributed by atoms with Gasteiger partial charge >= 0.3 is 5.97 Å². The van der Waals surface area contributed by atoms with Crippen molar-refractivity contribution in [1.82, 2.24) is 5.32 Å². The van der Waals surface area contributed by atoms with Crippen molar-refractivity contribution in [2.75, 3.05) is 6.61 Å². The van der Waals surface area contributed by atoms with Gasteiger partial charge in [-0.2, -0.15) is 0 Å². The third kappa shape index (κ3) is 11.4. The van der Waals surface area contributed by atoms with Crippen LogP contribution in [0.3, 0.4) is 0 Å². The van der Waals surface area contributed by atoms with Gasteiger partial charge in [0.15, 0.2) is 6.10 Å². The molecular formula is C22H41NO4. The van der Waals surface area contributed by atoms with E-state index in [-0.39, 0.29) is 30.1 Å². The topological polar surface area (TPSA) is 64.6 Å². The maximum atomic E-state index is 11.4. The van der Waals surface area contributed by atoms with Crippen LogP contribution < -0.4 is 5.32 Å². The number of amides is 1. The zero-order valence-corrected chi connectivity index (χ0v) is 17.8. The van der Waals surface area contributed by atoms with Gasteiger partial charge in [0.05, 0.1) is 18.8 Å². The van der Waals surface area contributed by atoms with Crippen LogP contribution in [0.4, 0.5) is 0 Å². The van der Waals surface area contributed by atoms with Crippen molar-refractivity contribution in [2.45, 2.75) is 122 Å². The first-order valence-electron chi connectivity index (χ1n) is 11.1. The summed E-state index contributed by atoms with van der Waals surface area (Å²) in [6, 6.07) is -0.228. The first-order chi connectivity index (χ1) is 13.0. The van der Waals surface area contributed by atoms with Crippen molar-refractivity contribution in [3.05, 3.63) is 0 Å². The predicted molar refractivity (Wildman–Crippen MR) is 109 cm³/mol. The van der Waals surface area contributed by atoms with Gasteiger partial charge in [0.1, 0.15) is 0 Å². The second-order valence-corrected chi connectivity index (χ2v) is 7.93. The van der Waals surface area contributed by atoms with Gasteiger partial charge < -0.3 is 14.8 Å². The molecule has 1 aliphatic heterocycles. The number of carbonyl (C=O) groups is 2. The van der Waals surface area contributed by atoms with Crippen LogP contribution in [0.25, 0.3) is 0 Å². The SMILES string of the molecule is CCCCCCCCCCCCCC[C@H]1OC[C@H](NC(C)=O)[C@H]1OC(C)=O.